The van der Waals surface area contributed by atoms with Gasteiger partial charge in [-0.3, -0.25) is 4.68 Å². The normalized spacial score (nSPS) is 15.8. The third-order valence-corrected chi connectivity index (χ3v) is 8.27. The van der Waals surface area contributed by atoms with Crippen LogP contribution in [0, 0.1) is 11.3 Å². The number of hydrogen-bond donors (Lipinski definition) is 2. The summed E-state index contributed by atoms with van der Waals surface area (Å²) in [6.07, 6.45) is 6.77. The molecule has 1 fully saturated rings. The second-order valence-electron chi connectivity index (χ2n) is 9.82. The fraction of sp³-hybridized carbons (Fsp3) is 0.667. The minimum Gasteiger partial charge on any atom is -0.389 e. The van der Waals surface area contributed by atoms with Crippen molar-refractivity contribution in [3.05, 3.63) is 24.2 Å². The van der Waals surface area contributed by atoms with Gasteiger partial charge in [0.15, 0.2) is 0 Å². The van der Waals surface area contributed by atoms with Crippen LogP contribution in [0.2, 0.25) is 0 Å². The lowest BCUT2D eigenvalue weighted by Crippen LogP contribution is -2.43. The molecule has 0 atom stereocenters. The largest absolute Gasteiger partial charge is 0.389 e. The molecule has 2 aromatic heterocycles. The van der Waals surface area contributed by atoms with Crippen molar-refractivity contribution in [1.29, 1.82) is 5.26 Å². The maximum Gasteiger partial charge on any atom is 0.223 e. The van der Waals surface area contributed by atoms with E-state index in [-0.39, 0.29) is 11.8 Å². The van der Waals surface area contributed by atoms with E-state index in [1.807, 2.05) is 0 Å². The Balaban J connectivity index is 1.60. The summed E-state index contributed by atoms with van der Waals surface area (Å²) < 4.78 is 28.8. The maximum absolute atomic E-state index is 12.8. The molecule has 3 rings (SSSR count). The van der Waals surface area contributed by atoms with Crippen LogP contribution in [0.25, 0.3) is 11.3 Å². The summed E-state index contributed by atoms with van der Waals surface area (Å²) in [6.45, 7) is 11.4. The fourth-order valence-electron chi connectivity index (χ4n) is 4.32. The first-order chi connectivity index (χ1) is 17.0. The average molecular weight is 519 g/mol. The minimum absolute atomic E-state index is 0.0332. The minimum atomic E-state index is -3.27. The highest BCUT2D eigenvalue weighted by Gasteiger charge is 2.28. The molecule has 2 N–H and O–H groups in total. The van der Waals surface area contributed by atoms with Gasteiger partial charge in [0.05, 0.1) is 41.5 Å². The highest BCUT2D eigenvalue weighted by Crippen LogP contribution is 2.24. The fourth-order valence-corrected chi connectivity index (χ4v) is 5.84. The van der Waals surface area contributed by atoms with Gasteiger partial charge in [-0.05, 0) is 52.7 Å². The van der Waals surface area contributed by atoms with Crippen LogP contribution in [0.15, 0.2) is 18.6 Å². The summed E-state index contributed by atoms with van der Waals surface area (Å²) in [5.41, 5.74) is 0.527. The molecule has 0 saturated carbocycles. The smallest absolute Gasteiger partial charge is 0.223 e. The highest BCUT2D eigenvalue weighted by atomic mass is 32.2. The van der Waals surface area contributed by atoms with E-state index in [2.05, 4.69) is 45.2 Å². The van der Waals surface area contributed by atoms with Crippen LogP contribution in [-0.2, 0) is 16.6 Å². The lowest BCUT2D eigenvalue weighted by molar-refractivity contribution is 0.0577. The van der Waals surface area contributed by atoms with Crippen molar-refractivity contribution >= 4 is 16.0 Å². The van der Waals surface area contributed by atoms with Gasteiger partial charge in [0.1, 0.15) is 6.07 Å². The van der Waals surface area contributed by atoms with E-state index < -0.39 is 15.6 Å². The predicted octanol–water partition coefficient (Wildman–Crippen LogP) is 1.92. The molecular weight excluding hydrogens is 480 g/mol. The molecule has 12 heteroatoms. The molecular formula is C24H38N8O3S. The van der Waals surface area contributed by atoms with Crippen molar-refractivity contribution in [2.45, 2.75) is 65.1 Å². The molecule has 1 aliphatic heterocycles. The van der Waals surface area contributed by atoms with Crippen LogP contribution < -0.4 is 5.32 Å². The highest BCUT2D eigenvalue weighted by molar-refractivity contribution is 7.89. The van der Waals surface area contributed by atoms with Gasteiger partial charge in [-0.25, -0.2) is 22.7 Å². The zero-order valence-corrected chi connectivity index (χ0v) is 22.5. The second-order valence-corrected chi connectivity index (χ2v) is 11.9. The number of aromatic nitrogens is 4. The summed E-state index contributed by atoms with van der Waals surface area (Å²) in [5, 5.41) is 27.1. The molecule has 0 amide bonds. The number of hydrogen-bond acceptors (Lipinski definition) is 9. The summed E-state index contributed by atoms with van der Waals surface area (Å²) >= 11 is 0. The first-order valence-electron chi connectivity index (χ1n) is 12.5. The van der Waals surface area contributed by atoms with Crippen LogP contribution in [-0.4, -0.2) is 92.6 Å². The zero-order chi connectivity index (χ0) is 26.3. The van der Waals surface area contributed by atoms with Crippen LogP contribution in [0.4, 0.5) is 5.95 Å². The average Bonchev–Trinajstić information content (AvgIpc) is 3.29. The topological polar surface area (TPSA) is 140 Å². The van der Waals surface area contributed by atoms with E-state index in [0.717, 1.165) is 19.6 Å². The molecule has 0 aliphatic carbocycles. The van der Waals surface area contributed by atoms with Gasteiger partial charge in [0.25, 0.3) is 0 Å². The number of nitrogens with zero attached hydrogens (tertiary/aromatic N) is 7. The van der Waals surface area contributed by atoms with Crippen molar-refractivity contribution in [3.8, 4) is 17.3 Å². The van der Waals surface area contributed by atoms with Crippen LogP contribution in [0.3, 0.4) is 0 Å². The molecule has 0 unspecified atom stereocenters. The molecule has 2 aromatic rings. The lowest BCUT2D eigenvalue weighted by Gasteiger charge is -2.31. The zero-order valence-electron chi connectivity index (χ0n) is 21.7. The van der Waals surface area contributed by atoms with Crippen molar-refractivity contribution in [3.63, 3.8) is 0 Å². The third kappa shape index (κ3) is 7.70. The van der Waals surface area contributed by atoms with Crippen LogP contribution >= 0.6 is 0 Å². The lowest BCUT2D eigenvalue weighted by atomic mass is 10.1. The van der Waals surface area contributed by atoms with E-state index in [9.17, 15) is 18.8 Å². The molecule has 0 spiro atoms. The molecule has 0 bridgehead atoms. The van der Waals surface area contributed by atoms with E-state index in [1.54, 1.807) is 35.2 Å². The molecule has 36 heavy (non-hydrogen) atoms. The molecule has 11 nitrogen and oxygen atoms in total. The summed E-state index contributed by atoms with van der Waals surface area (Å²) in [4.78, 5) is 11.1. The van der Waals surface area contributed by atoms with Crippen molar-refractivity contribution in [2.75, 3.05) is 43.8 Å². The summed E-state index contributed by atoms with van der Waals surface area (Å²) in [6, 6.07) is 2.15. The molecule has 3 heterocycles. The van der Waals surface area contributed by atoms with Gasteiger partial charge >= 0.3 is 0 Å². The number of sulfonamides is 1. The first-order valence-corrected chi connectivity index (χ1v) is 14.1. The Hall–Kier alpha value is -2.59. The monoisotopic (exact) mass is 518 g/mol. The molecule has 198 valence electrons. The quantitative estimate of drug-likeness (QED) is 0.431. The SMILES string of the molecule is CCN(CC)CCCS(=O)(=O)N1CCC(Nc2ncc(C#N)c(-c3cnn(CC(C)(C)O)c3)n2)CC1. The number of rotatable bonds is 12. The Morgan fingerprint density at radius 2 is 1.94 bits per heavy atom. The Labute approximate surface area is 214 Å². The van der Waals surface area contributed by atoms with E-state index in [1.165, 1.54) is 6.20 Å². The third-order valence-electron chi connectivity index (χ3n) is 6.32. The van der Waals surface area contributed by atoms with E-state index >= 15 is 0 Å². The predicted molar refractivity (Wildman–Crippen MR) is 139 cm³/mol. The second kappa shape index (κ2) is 12.1. The van der Waals surface area contributed by atoms with Gasteiger partial charge in [-0.15, -0.1) is 0 Å². The van der Waals surface area contributed by atoms with E-state index in [0.29, 0.717) is 61.7 Å². The van der Waals surface area contributed by atoms with Crippen molar-refractivity contribution < 1.29 is 13.5 Å². The van der Waals surface area contributed by atoms with Crippen LogP contribution in [0.1, 0.15) is 52.5 Å². The Bertz CT molecular complexity index is 1140. The van der Waals surface area contributed by atoms with Gasteiger partial charge in [0, 0.05) is 30.9 Å². The maximum atomic E-state index is 12.8. The van der Waals surface area contributed by atoms with Gasteiger partial charge < -0.3 is 15.3 Å². The van der Waals surface area contributed by atoms with Crippen molar-refractivity contribution in [1.82, 2.24) is 29.0 Å². The standard InChI is InChI=1S/C24H38N8O3S/c1-5-30(6-2)10-7-13-36(34,35)32-11-8-21(9-12-32)28-23-26-15-19(14-25)22(29-23)20-16-27-31(17-20)18-24(3,4)33/h15-17,21,33H,5-13,18H2,1-4H3,(H,26,28,29). The molecule has 0 radical (unpaired) electrons. The first kappa shape index (κ1) is 28.0. The number of anilines is 1. The number of piperidine rings is 1. The van der Waals surface area contributed by atoms with Crippen LogP contribution in [0.5, 0.6) is 0 Å². The van der Waals surface area contributed by atoms with Gasteiger partial charge in [-0.2, -0.15) is 10.4 Å². The van der Waals surface area contributed by atoms with Crippen molar-refractivity contribution in [2.24, 2.45) is 0 Å². The Morgan fingerprint density at radius 3 is 2.56 bits per heavy atom. The van der Waals surface area contributed by atoms with Gasteiger partial charge in [-0.1, -0.05) is 13.8 Å². The summed E-state index contributed by atoms with van der Waals surface area (Å²) in [5.74, 6) is 0.560. The Kier molecular flexibility index (Phi) is 9.41. The molecule has 1 aliphatic rings. The van der Waals surface area contributed by atoms with Gasteiger partial charge in [0.2, 0.25) is 16.0 Å². The molecule has 1 saturated heterocycles. The number of nitriles is 1. The van der Waals surface area contributed by atoms with E-state index in [4.69, 9.17) is 0 Å². The number of nitrogens with one attached hydrogen (secondary N) is 1. The molecule has 0 aromatic carbocycles. The summed E-state index contributed by atoms with van der Waals surface area (Å²) in [7, 11) is -3.27. The number of aliphatic hydroxyl groups is 1. The Morgan fingerprint density at radius 1 is 1.25 bits per heavy atom.